The molecule has 35 heavy (non-hydrogen) atoms. The SMILES string of the molecule is CCCCCCCCCN(CCCCCCCC)CC1COC(C)(COCCCS(=O)(=O)[O-])OC1. The fourth-order valence-electron chi connectivity index (χ4n) is 4.53. The van der Waals surface area contributed by atoms with E-state index in [1.807, 2.05) is 6.92 Å². The zero-order chi connectivity index (χ0) is 25.8. The number of hydrogen-bond acceptors (Lipinski definition) is 7. The van der Waals surface area contributed by atoms with E-state index in [1.54, 1.807) is 0 Å². The maximum Gasteiger partial charge on any atom is 0.188 e. The lowest BCUT2D eigenvalue weighted by molar-refractivity contribution is -0.292. The predicted molar refractivity (Wildman–Crippen MR) is 142 cm³/mol. The smallest absolute Gasteiger partial charge is 0.188 e. The molecule has 1 rings (SSSR count). The molecule has 0 atom stereocenters. The topological polar surface area (TPSA) is 88.1 Å². The summed E-state index contributed by atoms with van der Waals surface area (Å²) in [5.41, 5.74) is 0. The van der Waals surface area contributed by atoms with Gasteiger partial charge in [-0.2, -0.15) is 0 Å². The molecule has 0 saturated carbocycles. The van der Waals surface area contributed by atoms with Crippen molar-refractivity contribution in [1.82, 2.24) is 4.90 Å². The molecule has 1 aliphatic heterocycles. The number of unbranched alkanes of at least 4 members (excludes halogenated alkanes) is 11. The van der Waals surface area contributed by atoms with Crippen LogP contribution in [-0.4, -0.2) is 75.5 Å². The summed E-state index contributed by atoms with van der Waals surface area (Å²) in [6.07, 6.45) is 17.4. The van der Waals surface area contributed by atoms with E-state index in [0.717, 1.165) is 19.6 Å². The van der Waals surface area contributed by atoms with Crippen molar-refractivity contribution >= 4 is 10.1 Å². The zero-order valence-corrected chi connectivity index (χ0v) is 23.8. The maximum absolute atomic E-state index is 10.7. The van der Waals surface area contributed by atoms with Crippen LogP contribution in [0.1, 0.15) is 111 Å². The van der Waals surface area contributed by atoms with Gasteiger partial charge in [0.1, 0.15) is 6.61 Å². The Bertz CT molecular complexity index is 592. The Morgan fingerprint density at radius 1 is 0.829 bits per heavy atom. The molecule has 0 aromatic carbocycles. The highest BCUT2D eigenvalue weighted by atomic mass is 32.2. The van der Waals surface area contributed by atoms with Crippen LogP contribution >= 0.6 is 0 Å². The van der Waals surface area contributed by atoms with E-state index in [2.05, 4.69) is 18.7 Å². The van der Waals surface area contributed by atoms with E-state index in [1.165, 1.54) is 83.5 Å². The van der Waals surface area contributed by atoms with E-state index < -0.39 is 21.7 Å². The van der Waals surface area contributed by atoms with Gasteiger partial charge in [-0.05, 0) is 39.3 Å². The van der Waals surface area contributed by atoms with Crippen LogP contribution in [0.2, 0.25) is 0 Å². The third-order valence-electron chi connectivity index (χ3n) is 6.72. The van der Waals surface area contributed by atoms with Crippen LogP contribution in [0.15, 0.2) is 0 Å². The van der Waals surface area contributed by atoms with Crippen molar-refractivity contribution in [3.05, 3.63) is 0 Å². The first-order valence-corrected chi connectivity index (χ1v) is 15.9. The summed E-state index contributed by atoms with van der Waals surface area (Å²) in [5, 5.41) is 0. The van der Waals surface area contributed by atoms with Gasteiger partial charge in [-0.3, -0.25) is 0 Å². The third kappa shape index (κ3) is 18.6. The molecule has 0 aromatic heterocycles. The van der Waals surface area contributed by atoms with E-state index in [4.69, 9.17) is 14.2 Å². The van der Waals surface area contributed by atoms with Gasteiger partial charge in [-0.15, -0.1) is 0 Å². The Hall–Kier alpha value is -0.250. The molecule has 210 valence electrons. The van der Waals surface area contributed by atoms with Gasteiger partial charge in [-0.25, -0.2) is 8.42 Å². The molecule has 0 N–H and O–H groups in total. The first kappa shape index (κ1) is 32.8. The molecule has 0 radical (unpaired) electrons. The lowest BCUT2D eigenvalue weighted by Gasteiger charge is -2.39. The van der Waals surface area contributed by atoms with E-state index in [-0.39, 0.29) is 19.6 Å². The normalized spacial score (nSPS) is 21.1. The first-order chi connectivity index (χ1) is 16.8. The molecule has 0 aromatic rings. The summed E-state index contributed by atoms with van der Waals surface area (Å²) in [4.78, 5) is 2.62. The molecule has 1 saturated heterocycles. The predicted octanol–water partition coefficient (Wildman–Crippen LogP) is 5.73. The van der Waals surface area contributed by atoms with E-state index in [0.29, 0.717) is 19.1 Å². The standard InChI is InChI=1S/C27H55NO6S/c1-4-6-8-10-12-14-16-19-28(18-15-13-11-9-7-5-2)22-26-23-33-27(3,34-24-26)25-32-20-17-21-35(29,30)31/h26H,4-25H2,1-3H3,(H,29,30,31)/p-1. The maximum atomic E-state index is 10.7. The highest BCUT2D eigenvalue weighted by Crippen LogP contribution is 2.23. The number of nitrogens with zero attached hydrogens (tertiary/aromatic N) is 1. The molecule has 0 bridgehead atoms. The van der Waals surface area contributed by atoms with Crippen molar-refractivity contribution in [2.75, 3.05) is 51.8 Å². The van der Waals surface area contributed by atoms with Crippen LogP contribution < -0.4 is 0 Å². The zero-order valence-electron chi connectivity index (χ0n) is 22.9. The van der Waals surface area contributed by atoms with Crippen LogP contribution in [0, 0.1) is 5.92 Å². The summed E-state index contributed by atoms with van der Waals surface area (Å²) < 4.78 is 49.6. The van der Waals surface area contributed by atoms with Gasteiger partial charge in [0.25, 0.3) is 0 Å². The summed E-state index contributed by atoms with van der Waals surface area (Å²) in [6.45, 7) is 11.4. The van der Waals surface area contributed by atoms with Gasteiger partial charge in [0.05, 0.1) is 23.3 Å². The van der Waals surface area contributed by atoms with Crippen molar-refractivity contribution in [1.29, 1.82) is 0 Å². The molecule has 0 amide bonds. The van der Waals surface area contributed by atoms with E-state index >= 15 is 0 Å². The van der Waals surface area contributed by atoms with Gasteiger partial charge in [-0.1, -0.05) is 84.5 Å². The Balaban J connectivity index is 2.33. The quantitative estimate of drug-likeness (QED) is 0.126. The molecule has 0 aliphatic carbocycles. The van der Waals surface area contributed by atoms with Crippen molar-refractivity contribution in [2.24, 2.45) is 5.92 Å². The van der Waals surface area contributed by atoms with E-state index in [9.17, 15) is 13.0 Å². The summed E-state index contributed by atoms with van der Waals surface area (Å²) in [5.74, 6) is -0.867. The van der Waals surface area contributed by atoms with Crippen LogP contribution in [0.3, 0.4) is 0 Å². The fourth-order valence-corrected chi connectivity index (χ4v) is 5.00. The molecule has 1 fully saturated rings. The Kier molecular flexibility index (Phi) is 18.6. The van der Waals surface area contributed by atoms with Crippen LogP contribution in [0.4, 0.5) is 0 Å². The van der Waals surface area contributed by atoms with Gasteiger partial charge >= 0.3 is 0 Å². The lowest BCUT2D eigenvalue weighted by Crippen LogP contribution is -2.48. The van der Waals surface area contributed by atoms with Gasteiger partial charge in [0, 0.05) is 24.8 Å². The molecule has 7 nitrogen and oxygen atoms in total. The van der Waals surface area contributed by atoms with Crippen LogP contribution in [-0.2, 0) is 24.3 Å². The minimum atomic E-state index is -4.19. The first-order valence-electron chi connectivity index (χ1n) is 14.3. The summed E-state index contributed by atoms with van der Waals surface area (Å²) in [7, 11) is -4.19. The van der Waals surface area contributed by atoms with Crippen LogP contribution in [0.5, 0.6) is 0 Å². The molecule has 1 aliphatic rings. The van der Waals surface area contributed by atoms with Gasteiger partial charge < -0.3 is 23.7 Å². The molecule has 0 unspecified atom stereocenters. The molecule has 0 spiro atoms. The second kappa shape index (κ2) is 19.8. The largest absolute Gasteiger partial charge is 0.748 e. The number of rotatable bonds is 23. The fraction of sp³-hybridized carbons (Fsp3) is 1.00. The second-order valence-corrected chi connectivity index (χ2v) is 12.0. The average Bonchev–Trinajstić information content (AvgIpc) is 2.81. The van der Waals surface area contributed by atoms with Crippen molar-refractivity contribution in [2.45, 2.75) is 116 Å². The summed E-state index contributed by atoms with van der Waals surface area (Å²) >= 11 is 0. The summed E-state index contributed by atoms with van der Waals surface area (Å²) in [6, 6.07) is 0. The van der Waals surface area contributed by atoms with Gasteiger partial charge in [0.15, 0.2) is 5.79 Å². The second-order valence-electron chi connectivity index (χ2n) is 10.5. The number of ether oxygens (including phenoxy) is 3. The molecular formula is C27H54NO6S-. The highest BCUT2D eigenvalue weighted by Gasteiger charge is 2.34. The highest BCUT2D eigenvalue weighted by molar-refractivity contribution is 7.85. The molecular weight excluding hydrogens is 466 g/mol. The number of hydrogen-bond donors (Lipinski definition) is 0. The minimum absolute atomic E-state index is 0.191. The Labute approximate surface area is 216 Å². The van der Waals surface area contributed by atoms with Gasteiger partial charge in [0.2, 0.25) is 0 Å². The third-order valence-corrected chi connectivity index (χ3v) is 7.51. The van der Waals surface area contributed by atoms with Crippen molar-refractivity contribution in [3.8, 4) is 0 Å². The van der Waals surface area contributed by atoms with Crippen molar-refractivity contribution < 1.29 is 27.2 Å². The Morgan fingerprint density at radius 3 is 1.80 bits per heavy atom. The molecule has 8 heteroatoms. The Morgan fingerprint density at radius 2 is 1.31 bits per heavy atom. The molecule has 1 heterocycles. The minimum Gasteiger partial charge on any atom is -0.748 e. The average molecular weight is 521 g/mol. The van der Waals surface area contributed by atoms with Crippen LogP contribution in [0.25, 0.3) is 0 Å². The monoisotopic (exact) mass is 520 g/mol. The lowest BCUT2D eigenvalue weighted by atomic mass is 10.1. The van der Waals surface area contributed by atoms with Crippen molar-refractivity contribution in [3.63, 3.8) is 0 Å².